The van der Waals surface area contributed by atoms with E-state index in [1.807, 2.05) is 0 Å². The van der Waals surface area contributed by atoms with Gasteiger partial charge >= 0.3 is 17.4 Å². The van der Waals surface area contributed by atoms with Crippen LogP contribution in [0.5, 0.6) is 0 Å². The van der Waals surface area contributed by atoms with Crippen molar-refractivity contribution in [2.45, 2.75) is 227 Å². The molecule has 46 heavy (non-hydrogen) atoms. The first-order chi connectivity index (χ1) is 19.8. The van der Waals surface area contributed by atoms with Crippen LogP contribution in [0.4, 0.5) is 0 Å². The van der Waals surface area contributed by atoms with Gasteiger partial charge < -0.3 is 20.8 Å². The molecule has 0 saturated heterocycles. The molecule has 0 aliphatic heterocycles. The summed E-state index contributed by atoms with van der Waals surface area (Å²) in [5, 5.41) is 1.40. The zero-order valence-electron chi connectivity index (χ0n) is 35.2. The van der Waals surface area contributed by atoms with Gasteiger partial charge in [-0.15, -0.1) is 0 Å². The third-order valence-electron chi connectivity index (χ3n) is 13.7. The van der Waals surface area contributed by atoms with Crippen LogP contribution in [-0.2, 0) is 17.4 Å². The van der Waals surface area contributed by atoms with Gasteiger partial charge in [-0.3, -0.25) is 0 Å². The summed E-state index contributed by atoms with van der Waals surface area (Å²) in [6.07, 6.45) is 17.2. The second-order valence-corrected chi connectivity index (χ2v) is 55.5. The van der Waals surface area contributed by atoms with E-state index in [4.69, 9.17) is 20.8 Å². The molecule has 0 amide bonds. The van der Waals surface area contributed by atoms with Crippen molar-refractivity contribution in [2.24, 2.45) is 0 Å². The molecule has 0 aromatic heterocycles. The summed E-state index contributed by atoms with van der Waals surface area (Å²) in [6, 6.07) is 0. The van der Waals surface area contributed by atoms with E-state index in [1.54, 1.807) is 0 Å². The van der Waals surface area contributed by atoms with Crippen molar-refractivity contribution in [2.75, 3.05) is 0 Å². The van der Waals surface area contributed by atoms with Gasteiger partial charge in [-0.25, -0.2) is 0 Å². The summed E-state index contributed by atoms with van der Waals surface area (Å²) < 4.78 is 0. The van der Waals surface area contributed by atoms with Crippen molar-refractivity contribution in [1.29, 1.82) is 0 Å². The average Bonchev–Trinajstić information content (AvgIpc) is 2.81. The van der Waals surface area contributed by atoms with Gasteiger partial charge in [0.25, 0.3) is 0 Å². The van der Waals surface area contributed by atoms with Gasteiger partial charge in [0.15, 0.2) is 0 Å². The summed E-state index contributed by atoms with van der Waals surface area (Å²) in [7, 11) is -6.48. The zero-order valence-corrected chi connectivity index (χ0v) is 42.5. The zero-order chi connectivity index (χ0) is 35.7. The number of hydrogen-bond donors (Lipinski definition) is 0. The van der Waals surface area contributed by atoms with E-state index in [1.165, 1.54) is 77.0 Å². The Morgan fingerprint density at radius 3 is 0.630 bits per heavy atom. The molecule has 0 heterocycles. The maximum Gasteiger partial charge on any atom is 3.00 e. The second-order valence-electron chi connectivity index (χ2n) is 22.7. The van der Waals surface area contributed by atoms with Gasteiger partial charge in [0, 0.05) is 48.4 Å². The Morgan fingerprint density at radius 2 is 0.522 bits per heavy atom. The van der Waals surface area contributed by atoms with Gasteiger partial charge in [0.2, 0.25) is 0 Å². The van der Waals surface area contributed by atoms with Crippen molar-refractivity contribution < 1.29 is 17.4 Å². The minimum Gasteiger partial charge on any atom is -0.340 e. The van der Waals surface area contributed by atoms with E-state index < -0.39 is 48.4 Å². The van der Waals surface area contributed by atoms with Crippen molar-refractivity contribution in [3.05, 3.63) is 20.8 Å². The topological polar surface area (TPSA) is 0 Å². The molecule has 0 aromatic carbocycles. The standard InChI is InChI=1S/3C13H29Si2.Cr/c3*1-13(15(5,6)7)11-9-8-10-12(13)14(2,3)4;/h3*12H,1,8-11H2,2-7H3;/q3*-1;+3. The quantitative estimate of drug-likeness (QED) is 0.186. The second kappa shape index (κ2) is 16.7. The SMILES string of the molecule is [CH2-]C1([Si](C)(C)C)CCCCC1[Si](C)(C)C.[CH2-]C1([Si](C)(C)C)CCCCC1[Si](C)(C)C.[CH2-]C1([Si](C)(C)C)CCCCC1[Si](C)(C)C.[Cr+3]. The largest absolute Gasteiger partial charge is 3.00 e. The van der Waals surface area contributed by atoms with Crippen LogP contribution in [0.15, 0.2) is 0 Å². The molecule has 0 aromatic rings. The van der Waals surface area contributed by atoms with Gasteiger partial charge in [-0.2, -0.15) is 15.1 Å². The summed E-state index contributed by atoms with van der Waals surface area (Å²) in [4.78, 5) is 0. The molecule has 6 atom stereocenters. The average molecular weight is 777 g/mol. The van der Waals surface area contributed by atoms with Crippen molar-refractivity contribution in [1.82, 2.24) is 0 Å². The van der Waals surface area contributed by atoms with Crippen LogP contribution < -0.4 is 0 Å². The molecule has 0 spiro atoms. The van der Waals surface area contributed by atoms with E-state index >= 15 is 0 Å². The van der Waals surface area contributed by atoms with Crippen molar-refractivity contribution in [3.63, 3.8) is 0 Å². The molecule has 3 rings (SSSR count). The molecule has 0 bridgehead atoms. The minimum atomic E-state index is -1.13. The van der Waals surface area contributed by atoms with Crippen LogP contribution in [-0.4, -0.2) is 48.4 Å². The fourth-order valence-electron chi connectivity index (χ4n) is 10.2. The molecular formula is C39H87CrSi6. The molecule has 7 heteroatoms. The Balaban J connectivity index is 0.000000653. The van der Waals surface area contributed by atoms with Crippen LogP contribution in [0.2, 0.25) is 150 Å². The van der Waals surface area contributed by atoms with Gasteiger partial charge in [-0.05, 0) is 0 Å². The van der Waals surface area contributed by atoms with Crippen LogP contribution >= 0.6 is 0 Å². The smallest absolute Gasteiger partial charge is 0.340 e. The Kier molecular flexibility index (Phi) is 17.3. The van der Waals surface area contributed by atoms with E-state index in [2.05, 4.69) is 118 Å². The fourth-order valence-corrected chi connectivity index (χ4v) is 33.0. The first-order valence-corrected chi connectivity index (χ1v) is 40.6. The maximum atomic E-state index is 4.74. The van der Waals surface area contributed by atoms with E-state index in [9.17, 15) is 0 Å². The Morgan fingerprint density at radius 1 is 0.348 bits per heavy atom. The van der Waals surface area contributed by atoms with Crippen LogP contribution in [0.3, 0.4) is 0 Å². The van der Waals surface area contributed by atoms with E-state index in [0.29, 0.717) is 15.1 Å². The molecule has 3 aliphatic carbocycles. The molecule has 3 saturated carbocycles. The Bertz CT molecular complexity index is 791. The predicted molar refractivity (Wildman–Crippen MR) is 231 cm³/mol. The van der Waals surface area contributed by atoms with Crippen molar-refractivity contribution in [3.8, 4) is 0 Å². The van der Waals surface area contributed by atoms with Gasteiger partial charge in [0.1, 0.15) is 0 Å². The normalized spacial score (nSPS) is 33.5. The van der Waals surface area contributed by atoms with E-state index in [0.717, 1.165) is 16.6 Å². The first kappa shape index (κ1) is 47.8. The first-order valence-electron chi connectivity index (χ1n) is 19.3. The monoisotopic (exact) mass is 775 g/mol. The summed E-state index contributed by atoms with van der Waals surface area (Å²) in [6.45, 7) is 59.9. The van der Waals surface area contributed by atoms with Crippen LogP contribution in [0, 0.1) is 20.8 Å². The minimum absolute atomic E-state index is 0. The molecule has 6 unspecified atom stereocenters. The fraction of sp³-hybridized carbons (Fsp3) is 0.923. The molecule has 3 aliphatic rings. The van der Waals surface area contributed by atoms with Crippen molar-refractivity contribution >= 4 is 48.4 Å². The molecule has 273 valence electrons. The molecule has 0 nitrogen and oxygen atoms in total. The molecule has 1 radical (unpaired) electrons. The van der Waals surface area contributed by atoms with Crippen LogP contribution in [0.25, 0.3) is 0 Å². The summed E-state index contributed by atoms with van der Waals surface area (Å²) in [5.74, 6) is 0. The molecule has 0 N–H and O–H groups in total. The maximum absolute atomic E-state index is 4.74. The number of rotatable bonds is 6. The molecule has 3 fully saturated rings. The number of hydrogen-bond acceptors (Lipinski definition) is 0. The van der Waals surface area contributed by atoms with Crippen LogP contribution in [0.1, 0.15) is 77.0 Å². The molecular weight excluding hydrogens is 689 g/mol. The van der Waals surface area contributed by atoms with E-state index in [-0.39, 0.29) is 17.4 Å². The summed E-state index contributed by atoms with van der Waals surface area (Å²) in [5.41, 5.74) is 2.89. The Hall–Kier alpha value is 1.83. The third-order valence-corrected chi connectivity index (χ3v) is 34.1. The predicted octanol–water partition coefficient (Wildman–Crippen LogP) is 15.5. The van der Waals surface area contributed by atoms with Gasteiger partial charge in [0.05, 0.1) is 0 Å². The Labute approximate surface area is 311 Å². The third kappa shape index (κ3) is 11.7. The summed E-state index contributed by atoms with van der Waals surface area (Å²) >= 11 is 0. The van der Waals surface area contributed by atoms with Gasteiger partial charge in [-0.1, -0.05) is 212 Å².